The standard InChI is InChI=1S/C12H15ClN2/c1-8-5-9(7-14)6-10(13)11(8)15-12(2,3)4/h5-6,15H,1-4H3. The third-order valence-corrected chi connectivity index (χ3v) is 2.21. The highest BCUT2D eigenvalue weighted by molar-refractivity contribution is 6.33. The molecule has 0 saturated heterocycles. The zero-order chi connectivity index (χ0) is 11.6. The zero-order valence-electron chi connectivity index (χ0n) is 9.48. The second-order valence-electron chi connectivity index (χ2n) is 4.64. The molecule has 0 unspecified atom stereocenters. The van der Waals surface area contributed by atoms with Gasteiger partial charge in [-0.2, -0.15) is 5.26 Å². The molecule has 0 radical (unpaired) electrons. The summed E-state index contributed by atoms with van der Waals surface area (Å²) in [5, 5.41) is 12.7. The van der Waals surface area contributed by atoms with Crippen LogP contribution in [0, 0.1) is 18.3 Å². The van der Waals surface area contributed by atoms with Crippen molar-refractivity contribution in [3.63, 3.8) is 0 Å². The van der Waals surface area contributed by atoms with Gasteiger partial charge in [-0.3, -0.25) is 0 Å². The fourth-order valence-electron chi connectivity index (χ4n) is 1.34. The van der Waals surface area contributed by atoms with Crippen LogP contribution >= 0.6 is 11.6 Å². The molecule has 0 heterocycles. The van der Waals surface area contributed by atoms with Crippen LogP contribution in [0.1, 0.15) is 31.9 Å². The topological polar surface area (TPSA) is 35.8 Å². The van der Waals surface area contributed by atoms with E-state index in [1.54, 1.807) is 6.07 Å². The Hall–Kier alpha value is -1.20. The van der Waals surface area contributed by atoms with Crippen LogP contribution in [0.4, 0.5) is 5.69 Å². The van der Waals surface area contributed by atoms with Gasteiger partial charge in [-0.05, 0) is 45.4 Å². The van der Waals surface area contributed by atoms with Gasteiger partial charge >= 0.3 is 0 Å². The van der Waals surface area contributed by atoms with Crippen LogP contribution in [0.2, 0.25) is 5.02 Å². The Balaban J connectivity index is 3.16. The Kier molecular flexibility index (Phi) is 3.26. The average molecular weight is 223 g/mol. The molecule has 0 aliphatic heterocycles. The fraction of sp³-hybridized carbons (Fsp3) is 0.417. The molecule has 15 heavy (non-hydrogen) atoms. The van der Waals surface area contributed by atoms with Crippen molar-refractivity contribution in [1.29, 1.82) is 5.26 Å². The van der Waals surface area contributed by atoms with Crippen LogP contribution in [-0.2, 0) is 0 Å². The van der Waals surface area contributed by atoms with Crippen LogP contribution in [0.5, 0.6) is 0 Å². The predicted molar refractivity (Wildman–Crippen MR) is 64.3 cm³/mol. The summed E-state index contributed by atoms with van der Waals surface area (Å²) < 4.78 is 0. The molecule has 0 aliphatic rings. The van der Waals surface area contributed by atoms with E-state index in [1.165, 1.54) is 0 Å². The molecule has 3 heteroatoms. The molecule has 2 nitrogen and oxygen atoms in total. The maximum absolute atomic E-state index is 8.78. The molecule has 0 spiro atoms. The molecule has 80 valence electrons. The lowest BCUT2D eigenvalue weighted by Gasteiger charge is -2.24. The van der Waals surface area contributed by atoms with E-state index in [2.05, 4.69) is 32.2 Å². The van der Waals surface area contributed by atoms with Gasteiger partial charge in [0.25, 0.3) is 0 Å². The Bertz CT molecular complexity index is 388. The zero-order valence-corrected chi connectivity index (χ0v) is 10.2. The highest BCUT2D eigenvalue weighted by Crippen LogP contribution is 2.29. The number of hydrogen-bond donors (Lipinski definition) is 1. The van der Waals surface area contributed by atoms with Crippen molar-refractivity contribution in [3.8, 4) is 6.07 Å². The number of anilines is 1. The molecule has 0 bridgehead atoms. The number of nitrogens with zero attached hydrogens (tertiary/aromatic N) is 1. The lowest BCUT2D eigenvalue weighted by molar-refractivity contribution is 0.633. The molecule has 1 aromatic rings. The molecule has 0 atom stereocenters. The van der Waals surface area contributed by atoms with E-state index in [-0.39, 0.29) is 5.54 Å². The summed E-state index contributed by atoms with van der Waals surface area (Å²) in [7, 11) is 0. The highest BCUT2D eigenvalue weighted by Gasteiger charge is 2.14. The first-order valence-corrected chi connectivity index (χ1v) is 5.20. The summed E-state index contributed by atoms with van der Waals surface area (Å²) in [6.07, 6.45) is 0. The first-order chi connectivity index (χ1) is 6.83. The number of aryl methyl sites for hydroxylation is 1. The van der Waals surface area contributed by atoms with E-state index in [1.807, 2.05) is 13.0 Å². The Morgan fingerprint density at radius 3 is 2.33 bits per heavy atom. The second-order valence-corrected chi connectivity index (χ2v) is 5.04. The summed E-state index contributed by atoms with van der Waals surface area (Å²) in [5.74, 6) is 0. The summed E-state index contributed by atoms with van der Waals surface area (Å²) in [6.45, 7) is 8.16. The second kappa shape index (κ2) is 4.12. The molecular formula is C12H15ClN2. The highest BCUT2D eigenvalue weighted by atomic mass is 35.5. The largest absolute Gasteiger partial charge is 0.379 e. The number of nitriles is 1. The van der Waals surface area contributed by atoms with Crippen molar-refractivity contribution in [2.45, 2.75) is 33.2 Å². The van der Waals surface area contributed by atoms with E-state index >= 15 is 0 Å². The minimum absolute atomic E-state index is 0.0391. The lowest BCUT2D eigenvalue weighted by Crippen LogP contribution is -2.26. The van der Waals surface area contributed by atoms with E-state index in [9.17, 15) is 0 Å². The molecule has 1 aromatic carbocycles. The van der Waals surface area contributed by atoms with Gasteiger partial charge in [-0.1, -0.05) is 11.6 Å². The minimum atomic E-state index is -0.0391. The molecule has 0 aromatic heterocycles. The van der Waals surface area contributed by atoms with Gasteiger partial charge in [0, 0.05) is 5.54 Å². The van der Waals surface area contributed by atoms with Crippen molar-refractivity contribution in [3.05, 3.63) is 28.3 Å². The van der Waals surface area contributed by atoms with Gasteiger partial charge in [-0.25, -0.2) is 0 Å². The molecule has 0 saturated carbocycles. The average Bonchev–Trinajstić information content (AvgIpc) is 2.09. The first kappa shape index (κ1) is 11.9. The quantitative estimate of drug-likeness (QED) is 0.786. The number of hydrogen-bond acceptors (Lipinski definition) is 2. The molecule has 1 N–H and O–H groups in total. The van der Waals surface area contributed by atoms with Crippen LogP contribution in [-0.4, -0.2) is 5.54 Å². The van der Waals surface area contributed by atoms with Gasteiger partial charge in [-0.15, -0.1) is 0 Å². The Morgan fingerprint density at radius 2 is 1.93 bits per heavy atom. The number of rotatable bonds is 1. The third-order valence-electron chi connectivity index (χ3n) is 1.92. The van der Waals surface area contributed by atoms with E-state index in [0.29, 0.717) is 10.6 Å². The van der Waals surface area contributed by atoms with Gasteiger partial charge in [0.1, 0.15) is 0 Å². The van der Waals surface area contributed by atoms with Crippen molar-refractivity contribution in [1.82, 2.24) is 0 Å². The normalized spacial score (nSPS) is 10.9. The first-order valence-electron chi connectivity index (χ1n) is 4.82. The monoisotopic (exact) mass is 222 g/mol. The maximum Gasteiger partial charge on any atom is 0.0992 e. The van der Waals surface area contributed by atoms with Gasteiger partial charge < -0.3 is 5.32 Å². The van der Waals surface area contributed by atoms with Crippen molar-refractivity contribution in [2.24, 2.45) is 0 Å². The molecule has 0 aliphatic carbocycles. The van der Waals surface area contributed by atoms with Crippen molar-refractivity contribution >= 4 is 17.3 Å². The number of nitrogens with one attached hydrogen (secondary N) is 1. The SMILES string of the molecule is Cc1cc(C#N)cc(Cl)c1NC(C)(C)C. The minimum Gasteiger partial charge on any atom is -0.379 e. The lowest BCUT2D eigenvalue weighted by atomic mass is 10.1. The Labute approximate surface area is 95.9 Å². The van der Waals surface area contributed by atoms with Gasteiger partial charge in [0.15, 0.2) is 0 Å². The van der Waals surface area contributed by atoms with Gasteiger partial charge in [0.05, 0.1) is 22.3 Å². The van der Waals surface area contributed by atoms with Crippen molar-refractivity contribution in [2.75, 3.05) is 5.32 Å². The van der Waals surface area contributed by atoms with E-state index in [0.717, 1.165) is 11.3 Å². The van der Waals surface area contributed by atoms with Crippen molar-refractivity contribution < 1.29 is 0 Å². The predicted octanol–water partition coefficient (Wildman–Crippen LogP) is 3.73. The van der Waals surface area contributed by atoms with Crippen LogP contribution < -0.4 is 5.32 Å². The molecule has 0 amide bonds. The number of benzene rings is 1. The summed E-state index contributed by atoms with van der Waals surface area (Å²) >= 11 is 6.11. The van der Waals surface area contributed by atoms with Crippen LogP contribution in [0.15, 0.2) is 12.1 Å². The Morgan fingerprint density at radius 1 is 1.33 bits per heavy atom. The van der Waals surface area contributed by atoms with Crippen LogP contribution in [0.3, 0.4) is 0 Å². The van der Waals surface area contributed by atoms with Crippen LogP contribution in [0.25, 0.3) is 0 Å². The summed E-state index contributed by atoms with van der Waals surface area (Å²) in [6, 6.07) is 5.60. The summed E-state index contributed by atoms with van der Waals surface area (Å²) in [5.41, 5.74) is 2.46. The maximum atomic E-state index is 8.78. The fourth-order valence-corrected chi connectivity index (χ4v) is 1.66. The molecule has 0 fully saturated rings. The third kappa shape index (κ3) is 3.14. The number of halogens is 1. The smallest absolute Gasteiger partial charge is 0.0992 e. The van der Waals surface area contributed by atoms with E-state index < -0.39 is 0 Å². The van der Waals surface area contributed by atoms with E-state index in [4.69, 9.17) is 16.9 Å². The molecular weight excluding hydrogens is 208 g/mol. The molecule has 1 rings (SSSR count). The summed E-state index contributed by atoms with van der Waals surface area (Å²) in [4.78, 5) is 0. The van der Waals surface area contributed by atoms with Gasteiger partial charge in [0.2, 0.25) is 0 Å².